The Labute approximate surface area is 153 Å². The van der Waals surface area contributed by atoms with Gasteiger partial charge in [-0.1, -0.05) is 0 Å². The lowest BCUT2D eigenvalue weighted by Gasteiger charge is -2.02. The van der Waals surface area contributed by atoms with Crippen molar-refractivity contribution in [1.82, 2.24) is 44.5 Å². The summed E-state index contributed by atoms with van der Waals surface area (Å²) in [5.41, 5.74) is 1.46. The number of aromatic nitrogens is 9. The first-order valence-corrected chi connectivity index (χ1v) is 8.26. The zero-order valence-electron chi connectivity index (χ0n) is 14.5. The molecule has 0 fully saturated rings. The summed E-state index contributed by atoms with van der Waals surface area (Å²) in [5.74, 6) is 0.816. The number of amides is 1. The first kappa shape index (κ1) is 16.6. The van der Waals surface area contributed by atoms with Crippen molar-refractivity contribution in [3.05, 3.63) is 49.4 Å². The van der Waals surface area contributed by atoms with Gasteiger partial charge >= 0.3 is 0 Å². The van der Waals surface area contributed by atoms with Gasteiger partial charge in [-0.25, -0.2) is 14.6 Å². The average Bonchev–Trinajstić information content (AvgIpc) is 3.43. The Kier molecular flexibility index (Phi) is 4.39. The molecule has 1 amide bonds. The second-order valence-electron chi connectivity index (χ2n) is 5.61. The molecular weight excluding hydrogens is 348 g/mol. The number of hydrogen-bond donors (Lipinski definition) is 1. The molecule has 0 bridgehead atoms. The highest BCUT2D eigenvalue weighted by atomic mass is 16.2. The highest BCUT2D eigenvalue weighted by molar-refractivity contribution is 5.89. The van der Waals surface area contributed by atoms with Crippen LogP contribution in [0.25, 0.3) is 17.1 Å². The second-order valence-corrected chi connectivity index (χ2v) is 5.61. The molecule has 0 spiro atoms. The predicted molar refractivity (Wildman–Crippen MR) is 94.7 cm³/mol. The van der Waals surface area contributed by atoms with Crippen LogP contribution in [-0.4, -0.2) is 50.4 Å². The number of hydrogen-bond acceptors (Lipinski definition) is 7. The molecule has 1 N–H and O–H groups in total. The fraction of sp³-hybridized carbons (Fsp3) is 0.188. The number of aryl methyl sites for hydroxylation is 1. The average molecular weight is 364 g/mol. The van der Waals surface area contributed by atoms with E-state index in [4.69, 9.17) is 0 Å². The molecule has 0 unspecified atom stereocenters. The number of nitrogens with zero attached hydrogens (tertiary/aromatic N) is 9. The molecule has 4 heterocycles. The first-order chi connectivity index (χ1) is 13.2. The van der Waals surface area contributed by atoms with E-state index < -0.39 is 0 Å². The van der Waals surface area contributed by atoms with Gasteiger partial charge in [-0.3, -0.25) is 9.48 Å². The van der Waals surface area contributed by atoms with E-state index in [0.717, 1.165) is 5.56 Å². The van der Waals surface area contributed by atoms with Crippen LogP contribution in [-0.2, 0) is 17.9 Å². The summed E-state index contributed by atoms with van der Waals surface area (Å²) in [6, 6.07) is 3.62. The molecular formula is C16H16N10O. The van der Waals surface area contributed by atoms with Crippen molar-refractivity contribution in [2.24, 2.45) is 0 Å². The van der Waals surface area contributed by atoms with Gasteiger partial charge in [0.15, 0.2) is 11.6 Å². The van der Waals surface area contributed by atoms with Crippen molar-refractivity contribution in [3.8, 4) is 17.1 Å². The molecule has 4 rings (SSSR count). The molecule has 0 aliphatic rings. The summed E-state index contributed by atoms with van der Waals surface area (Å²) in [7, 11) is 0. The molecule has 0 radical (unpaired) electrons. The fourth-order valence-electron chi connectivity index (χ4n) is 2.45. The van der Waals surface area contributed by atoms with E-state index in [9.17, 15) is 4.79 Å². The number of anilines is 1. The number of rotatable bonds is 6. The van der Waals surface area contributed by atoms with Crippen molar-refractivity contribution >= 4 is 11.7 Å². The summed E-state index contributed by atoms with van der Waals surface area (Å²) in [5, 5.41) is 19.2. The van der Waals surface area contributed by atoms with Crippen molar-refractivity contribution in [3.63, 3.8) is 0 Å². The lowest BCUT2D eigenvalue weighted by molar-refractivity contribution is -0.116. The summed E-state index contributed by atoms with van der Waals surface area (Å²) in [4.78, 5) is 22.1. The predicted octanol–water partition coefficient (Wildman–Crippen LogP) is 0.776. The molecule has 0 atom stereocenters. The second kappa shape index (κ2) is 7.15. The van der Waals surface area contributed by atoms with E-state index >= 15 is 0 Å². The van der Waals surface area contributed by atoms with Crippen LogP contribution in [0.2, 0.25) is 0 Å². The fourth-order valence-corrected chi connectivity index (χ4v) is 2.45. The molecule has 0 saturated heterocycles. The van der Waals surface area contributed by atoms with Crippen LogP contribution in [0.4, 0.5) is 5.82 Å². The minimum Gasteiger partial charge on any atom is -0.306 e. The van der Waals surface area contributed by atoms with E-state index in [2.05, 4.69) is 35.7 Å². The summed E-state index contributed by atoms with van der Waals surface area (Å²) < 4.78 is 3.18. The summed E-state index contributed by atoms with van der Waals surface area (Å²) in [6.07, 6.45) is 9.85. The summed E-state index contributed by atoms with van der Waals surface area (Å²) in [6.45, 7) is 2.61. The largest absolute Gasteiger partial charge is 0.306 e. The third kappa shape index (κ3) is 3.71. The maximum absolute atomic E-state index is 12.1. The zero-order chi connectivity index (χ0) is 18.6. The van der Waals surface area contributed by atoms with Crippen molar-refractivity contribution < 1.29 is 4.79 Å². The lowest BCUT2D eigenvalue weighted by Crippen LogP contribution is -2.19. The van der Waals surface area contributed by atoms with Gasteiger partial charge in [0, 0.05) is 30.2 Å². The van der Waals surface area contributed by atoms with Gasteiger partial charge in [0.2, 0.25) is 5.91 Å². The molecule has 11 nitrogen and oxygen atoms in total. The van der Waals surface area contributed by atoms with Crippen LogP contribution in [0.1, 0.15) is 6.92 Å². The Morgan fingerprint density at radius 2 is 2.11 bits per heavy atom. The van der Waals surface area contributed by atoms with E-state index in [1.807, 2.05) is 13.0 Å². The molecule has 4 aromatic rings. The van der Waals surface area contributed by atoms with Gasteiger partial charge < -0.3 is 5.32 Å². The Bertz CT molecular complexity index is 1050. The standard InChI is InChI=1S/C16H16N10O/c1-2-26-21-8-14(23-26)22-16(27)10-24-9-12(7-20-24)13-6-15(18-11-17-13)25-5-3-4-19-25/h3-9,11H,2,10H2,1H3,(H,22,23,27). The van der Waals surface area contributed by atoms with Gasteiger partial charge in [0.1, 0.15) is 12.9 Å². The first-order valence-electron chi connectivity index (χ1n) is 8.26. The van der Waals surface area contributed by atoms with Crippen LogP contribution in [0.15, 0.2) is 49.4 Å². The maximum atomic E-state index is 12.1. The highest BCUT2D eigenvalue weighted by Gasteiger charge is 2.10. The molecule has 27 heavy (non-hydrogen) atoms. The van der Waals surface area contributed by atoms with Crippen LogP contribution >= 0.6 is 0 Å². The van der Waals surface area contributed by atoms with E-state index in [0.29, 0.717) is 23.9 Å². The topological polar surface area (TPSA) is 121 Å². The molecule has 0 saturated carbocycles. The zero-order valence-corrected chi connectivity index (χ0v) is 14.5. The van der Waals surface area contributed by atoms with Crippen LogP contribution in [0.5, 0.6) is 0 Å². The minimum absolute atomic E-state index is 0.0517. The Morgan fingerprint density at radius 1 is 1.19 bits per heavy atom. The number of carbonyl (C=O) groups is 1. The monoisotopic (exact) mass is 364 g/mol. The third-order valence-electron chi connectivity index (χ3n) is 3.71. The Morgan fingerprint density at radius 3 is 2.89 bits per heavy atom. The smallest absolute Gasteiger partial charge is 0.247 e. The summed E-state index contributed by atoms with van der Waals surface area (Å²) >= 11 is 0. The normalized spacial score (nSPS) is 10.9. The lowest BCUT2D eigenvalue weighted by atomic mass is 10.2. The Balaban J connectivity index is 1.45. The van der Waals surface area contributed by atoms with Crippen LogP contribution in [0.3, 0.4) is 0 Å². The molecule has 136 valence electrons. The van der Waals surface area contributed by atoms with E-state index in [1.54, 1.807) is 35.5 Å². The van der Waals surface area contributed by atoms with Crippen molar-refractivity contribution in [1.29, 1.82) is 0 Å². The number of carbonyl (C=O) groups excluding carboxylic acids is 1. The molecule has 4 aromatic heterocycles. The maximum Gasteiger partial charge on any atom is 0.247 e. The van der Waals surface area contributed by atoms with Crippen LogP contribution in [0, 0.1) is 0 Å². The molecule has 0 aromatic carbocycles. The molecule has 11 heteroatoms. The third-order valence-corrected chi connectivity index (χ3v) is 3.71. The van der Waals surface area contributed by atoms with Gasteiger partial charge in [0.05, 0.1) is 24.6 Å². The quantitative estimate of drug-likeness (QED) is 0.536. The van der Waals surface area contributed by atoms with Gasteiger partial charge in [0.25, 0.3) is 0 Å². The van der Waals surface area contributed by atoms with E-state index in [1.165, 1.54) is 22.0 Å². The van der Waals surface area contributed by atoms with Crippen molar-refractivity contribution in [2.45, 2.75) is 20.0 Å². The van der Waals surface area contributed by atoms with Gasteiger partial charge in [-0.05, 0) is 13.0 Å². The number of nitrogens with one attached hydrogen (secondary N) is 1. The highest BCUT2D eigenvalue weighted by Crippen LogP contribution is 2.17. The van der Waals surface area contributed by atoms with E-state index in [-0.39, 0.29) is 12.5 Å². The molecule has 0 aliphatic carbocycles. The molecule has 0 aliphatic heterocycles. The van der Waals surface area contributed by atoms with Gasteiger partial charge in [-0.2, -0.15) is 20.1 Å². The van der Waals surface area contributed by atoms with Gasteiger partial charge in [-0.15, -0.1) is 5.10 Å². The van der Waals surface area contributed by atoms with Crippen LogP contribution < -0.4 is 5.32 Å². The minimum atomic E-state index is -0.243. The van der Waals surface area contributed by atoms with Crippen molar-refractivity contribution in [2.75, 3.05) is 5.32 Å². The SMILES string of the molecule is CCn1ncc(NC(=O)Cn2cc(-c3cc(-n4cccn4)ncn3)cn2)n1. The Hall–Kier alpha value is -3.89.